The molecule has 1 atom stereocenters. The van der Waals surface area contributed by atoms with Gasteiger partial charge in [0.05, 0.1) is 24.8 Å². The Kier molecular flexibility index (Phi) is 4.55. The van der Waals surface area contributed by atoms with E-state index in [4.69, 9.17) is 30.2 Å². The number of nitrogen functional groups attached to an aromatic ring is 1. The van der Waals surface area contributed by atoms with E-state index >= 15 is 0 Å². The lowest BCUT2D eigenvalue weighted by Crippen LogP contribution is -2.33. The second-order valence-electron chi connectivity index (χ2n) is 8.26. The van der Waals surface area contributed by atoms with Crippen LogP contribution in [0, 0.1) is 0 Å². The fourth-order valence-electron chi connectivity index (χ4n) is 4.38. The average Bonchev–Trinajstić information content (AvgIpc) is 3.33. The quantitative estimate of drug-likeness (QED) is 0.686. The monoisotopic (exact) mass is 410 g/mol. The van der Waals surface area contributed by atoms with Gasteiger partial charge >= 0.3 is 0 Å². The first kappa shape index (κ1) is 19.1. The molecule has 2 N–H and O–H groups in total. The van der Waals surface area contributed by atoms with Gasteiger partial charge in [-0.05, 0) is 26.7 Å². The first-order chi connectivity index (χ1) is 14.5. The molecule has 1 unspecified atom stereocenters. The van der Waals surface area contributed by atoms with Gasteiger partial charge in [-0.2, -0.15) is 0 Å². The highest BCUT2D eigenvalue weighted by Gasteiger charge is 2.36. The van der Waals surface area contributed by atoms with E-state index in [0.717, 1.165) is 47.8 Å². The van der Waals surface area contributed by atoms with Crippen molar-refractivity contribution >= 4 is 22.9 Å². The molecule has 0 aromatic carbocycles. The zero-order valence-electron chi connectivity index (χ0n) is 17.5. The van der Waals surface area contributed by atoms with Crippen molar-refractivity contribution in [3.8, 4) is 11.4 Å². The molecule has 30 heavy (non-hydrogen) atoms. The summed E-state index contributed by atoms with van der Waals surface area (Å²) in [6.45, 7) is 6.93. The summed E-state index contributed by atoms with van der Waals surface area (Å²) in [5.41, 5.74) is 7.50. The third-order valence-corrected chi connectivity index (χ3v) is 5.83. The summed E-state index contributed by atoms with van der Waals surface area (Å²) >= 11 is 0. The topological polar surface area (TPSA) is 117 Å². The van der Waals surface area contributed by atoms with E-state index in [2.05, 4.69) is 19.4 Å². The van der Waals surface area contributed by atoms with E-state index in [1.807, 2.05) is 13.8 Å². The van der Waals surface area contributed by atoms with Gasteiger partial charge < -0.3 is 24.7 Å². The fraction of sp³-hybridized carbons (Fsp3) is 0.550. The van der Waals surface area contributed by atoms with E-state index in [-0.39, 0.29) is 12.0 Å². The van der Waals surface area contributed by atoms with Crippen molar-refractivity contribution in [2.45, 2.75) is 44.9 Å². The third-order valence-electron chi connectivity index (χ3n) is 5.83. The molecule has 5 heterocycles. The standard InChI is InChI=1S/C20H26N8O2/c1-20(2)18-24-14-16(27-6-4-5-13(27)11-29-3)25-15(12-9-22-19(21)23-10-12)26-17(14)28(18)7-8-30-20/h9-10,13H,4-8,11H2,1-3H3,(H2,21,22,23). The Hall–Kier alpha value is -2.85. The van der Waals surface area contributed by atoms with Crippen LogP contribution in [-0.2, 0) is 21.6 Å². The van der Waals surface area contributed by atoms with Gasteiger partial charge in [-0.1, -0.05) is 0 Å². The molecule has 10 nitrogen and oxygen atoms in total. The molecule has 1 fully saturated rings. The average molecular weight is 410 g/mol. The number of methoxy groups -OCH3 is 1. The van der Waals surface area contributed by atoms with Crippen LogP contribution in [0.4, 0.5) is 11.8 Å². The summed E-state index contributed by atoms with van der Waals surface area (Å²) in [4.78, 5) is 25.3. The van der Waals surface area contributed by atoms with E-state index < -0.39 is 5.60 Å². The molecule has 3 aromatic rings. The maximum absolute atomic E-state index is 5.98. The summed E-state index contributed by atoms with van der Waals surface area (Å²) in [5.74, 6) is 2.48. The molecule has 0 bridgehead atoms. The predicted octanol–water partition coefficient (Wildman–Crippen LogP) is 1.75. The molecule has 2 aliphatic rings. The predicted molar refractivity (Wildman–Crippen MR) is 112 cm³/mol. The van der Waals surface area contributed by atoms with Gasteiger partial charge in [-0.3, -0.25) is 0 Å². The lowest BCUT2D eigenvalue weighted by atomic mass is 10.1. The molecule has 158 valence electrons. The molecule has 0 saturated carbocycles. The van der Waals surface area contributed by atoms with Crippen LogP contribution in [-0.4, -0.2) is 62.4 Å². The molecular weight excluding hydrogens is 384 g/mol. The van der Waals surface area contributed by atoms with Gasteiger partial charge in [0.25, 0.3) is 0 Å². The van der Waals surface area contributed by atoms with Crippen molar-refractivity contribution in [1.82, 2.24) is 29.5 Å². The number of nitrogens with zero attached hydrogens (tertiary/aromatic N) is 7. The zero-order chi connectivity index (χ0) is 20.9. The number of hydrogen-bond acceptors (Lipinski definition) is 9. The van der Waals surface area contributed by atoms with Gasteiger partial charge in [0.15, 0.2) is 22.8 Å². The Morgan fingerprint density at radius 1 is 1.20 bits per heavy atom. The molecule has 0 amide bonds. The number of fused-ring (bicyclic) bond motifs is 3. The Morgan fingerprint density at radius 2 is 2.00 bits per heavy atom. The Balaban J connectivity index is 1.74. The van der Waals surface area contributed by atoms with Crippen molar-refractivity contribution < 1.29 is 9.47 Å². The number of anilines is 2. The van der Waals surface area contributed by atoms with Gasteiger partial charge in [0.2, 0.25) is 5.95 Å². The highest BCUT2D eigenvalue weighted by Crippen LogP contribution is 2.36. The van der Waals surface area contributed by atoms with Gasteiger partial charge in [0, 0.05) is 32.6 Å². The van der Waals surface area contributed by atoms with Crippen LogP contribution in [0.1, 0.15) is 32.5 Å². The summed E-state index contributed by atoms with van der Waals surface area (Å²) in [6.07, 6.45) is 5.46. The fourth-order valence-corrected chi connectivity index (χ4v) is 4.38. The van der Waals surface area contributed by atoms with Gasteiger partial charge in [-0.25, -0.2) is 24.9 Å². The van der Waals surface area contributed by atoms with Crippen LogP contribution >= 0.6 is 0 Å². The van der Waals surface area contributed by atoms with E-state index in [0.29, 0.717) is 25.6 Å². The number of ether oxygens (including phenoxy) is 2. The maximum Gasteiger partial charge on any atom is 0.219 e. The molecule has 3 aromatic heterocycles. The second kappa shape index (κ2) is 7.13. The number of nitrogens with two attached hydrogens (primary N) is 1. The van der Waals surface area contributed by atoms with Crippen LogP contribution in [0.5, 0.6) is 0 Å². The summed E-state index contributed by atoms with van der Waals surface area (Å²) in [5, 5.41) is 0. The minimum absolute atomic E-state index is 0.223. The van der Waals surface area contributed by atoms with Crippen molar-refractivity contribution in [3.05, 3.63) is 18.2 Å². The molecule has 0 spiro atoms. The first-order valence-electron chi connectivity index (χ1n) is 10.2. The van der Waals surface area contributed by atoms with E-state index in [9.17, 15) is 0 Å². The molecule has 0 radical (unpaired) electrons. The molecule has 2 aliphatic heterocycles. The van der Waals surface area contributed by atoms with Crippen LogP contribution < -0.4 is 10.6 Å². The maximum atomic E-state index is 5.98. The minimum Gasteiger partial charge on any atom is -0.383 e. The highest BCUT2D eigenvalue weighted by atomic mass is 16.5. The van der Waals surface area contributed by atoms with Crippen LogP contribution in [0.15, 0.2) is 12.4 Å². The molecule has 1 saturated heterocycles. The van der Waals surface area contributed by atoms with Crippen molar-refractivity contribution in [1.29, 1.82) is 0 Å². The number of hydrogen-bond donors (Lipinski definition) is 1. The first-order valence-corrected chi connectivity index (χ1v) is 10.2. The summed E-state index contributed by atoms with van der Waals surface area (Å²) in [6, 6.07) is 0.256. The number of aromatic nitrogens is 6. The minimum atomic E-state index is -0.488. The lowest BCUT2D eigenvalue weighted by Gasteiger charge is -2.30. The summed E-state index contributed by atoms with van der Waals surface area (Å²) in [7, 11) is 1.73. The van der Waals surface area contributed by atoms with Gasteiger partial charge in [-0.15, -0.1) is 0 Å². The van der Waals surface area contributed by atoms with Crippen LogP contribution in [0.25, 0.3) is 22.6 Å². The summed E-state index contributed by atoms with van der Waals surface area (Å²) < 4.78 is 13.6. The van der Waals surface area contributed by atoms with Crippen molar-refractivity contribution in [2.75, 3.05) is 37.5 Å². The molecule has 5 rings (SSSR count). The number of imidazole rings is 1. The normalized spacial score (nSPS) is 20.6. The Morgan fingerprint density at radius 3 is 2.77 bits per heavy atom. The van der Waals surface area contributed by atoms with Crippen LogP contribution in [0.2, 0.25) is 0 Å². The van der Waals surface area contributed by atoms with Crippen molar-refractivity contribution in [3.63, 3.8) is 0 Å². The Labute approximate surface area is 174 Å². The largest absolute Gasteiger partial charge is 0.383 e. The SMILES string of the molecule is COCC1CCCN1c1nc(-c2cnc(N)nc2)nc2c1nc1n2CCOC1(C)C. The van der Waals surface area contributed by atoms with Crippen LogP contribution in [0.3, 0.4) is 0 Å². The molecule has 0 aliphatic carbocycles. The zero-order valence-corrected chi connectivity index (χ0v) is 17.5. The Bertz CT molecular complexity index is 1080. The van der Waals surface area contributed by atoms with E-state index in [1.165, 1.54) is 0 Å². The smallest absolute Gasteiger partial charge is 0.219 e. The molecular formula is C20H26N8O2. The molecule has 10 heteroatoms. The van der Waals surface area contributed by atoms with Gasteiger partial charge in [0.1, 0.15) is 11.4 Å². The third kappa shape index (κ3) is 3.07. The van der Waals surface area contributed by atoms with Crippen molar-refractivity contribution in [2.24, 2.45) is 0 Å². The highest BCUT2D eigenvalue weighted by molar-refractivity contribution is 5.86. The lowest BCUT2D eigenvalue weighted by molar-refractivity contribution is -0.0530. The number of rotatable bonds is 4. The second-order valence-corrected chi connectivity index (χ2v) is 8.26. The van der Waals surface area contributed by atoms with E-state index in [1.54, 1.807) is 19.5 Å².